The van der Waals surface area contributed by atoms with Crippen molar-refractivity contribution in [2.45, 2.75) is 19.9 Å². The van der Waals surface area contributed by atoms with Crippen LogP contribution >= 0.6 is 0 Å². The molecule has 0 bridgehead atoms. The SMILES string of the molecule is Cc1ccc2cnn(CCC(=O)Nc3cc(-c4ccncc4)[nH]n3)c2c1. The summed E-state index contributed by atoms with van der Waals surface area (Å²) >= 11 is 0. The van der Waals surface area contributed by atoms with Crippen LogP contribution in [0.1, 0.15) is 12.0 Å². The van der Waals surface area contributed by atoms with Gasteiger partial charge in [0.1, 0.15) is 0 Å². The molecule has 0 fully saturated rings. The minimum absolute atomic E-state index is 0.103. The zero-order valence-electron chi connectivity index (χ0n) is 14.3. The monoisotopic (exact) mass is 346 g/mol. The molecule has 1 amide bonds. The van der Waals surface area contributed by atoms with Gasteiger partial charge in [0.05, 0.1) is 24.0 Å². The number of aromatic amines is 1. The van der Waals surface area contributed by atoms with Crippen molar-refractivity contribution >= 4 is 22.6 Å². The zero-order chi connectivity index (χ0) is 17.9. The zero-order valence-corrected chi connectivity index (χ0v) is 14.3. The van der Waals surface area contributed by atoms with Crippen LogP contribution in [0.2, 0.25) is 0 Å². The second-order valence-electron chi connectivity index (χ2n) is 6.13. The maximum Gasteiger partial charge on any atom is 0.227 e. The average Bonchev–Trinajstić information content (AvgIpc) is 3.27. The van der Waals surface area contributed by atoms with Crippen LogP contribution in [0.3, 0.4) is 0 Å². The van der Waals surface area contributed by atoms with Crippen molar-refractivity contribution in [1.29, 1.82) is 0 Å². The summed E-state index contributed by atoms with van der Waals surface area (Å²) in [7, 11) is 0. The molecule has 0 unspecified atom stereocenters. The number of rotatable bonds is 5. The topological polar surface area (TPSA) is 88.5 Å². The van der Waals surface area contributed by atoms with E-state index in [0.29, 0.717) is 18.8 Å². The van der Waals surface area contributed by atoms with Crippen molar-refractivity contribution in [3.05, 3.63) is 60.6 Å². The quantitative estimate of drug-likeness (QED) is 0.581. The first-order valence-electron chi connectivity index (χ1n) is 8.37. The van der Waals surface area contributed by atoms with E-state index < -0.39 is 0 Å². The Morgan fingerprint density at radius 1 is 1.19 bits per heavy atom. The van der Waals surface area contributed by atoms with E-state index in [-0.39, 0.29) is 5.91 Å². The molecule has 0 aliphatic carbocycles. The Bertz CT molecular complexity index is 1050. The summed E-state index contributed by atoms with van der Waals surface area (Å²) in [5, 5.41) is 15.3. The molecule has 0 spiro atoms. The summed E-state index contributed by atoms with van der Waals surface area (Å²) in [4.78, 5) is 16.2. The smallest absolute Gasteiger partial charge is 0.227 e. The third kappa shape index (κ3) is 3.32. The number of carbonyl (C=O) groups is 1. The minimum Gasteiger partial charge on any atom is -0.309 e. The van der Waals surface area contributed by atoms with Crippen LogP contribution in [-0.2, 0) is 11.3 Å². The Kier molecular flexibility index (Phi) is 4.18. The first-order chi connectivity index (χ1) is 12.7. The lowest BCUT2D eigenvalue weighted by Gasteiger charge is -2.04. The second kappa shape index (κ2) is 6.79. The highest BCUT2D eigenvalue weighted by Gasteiger charge is 2.09. The molecule has 7 nitrogen and oxygen atoms in total. The molecule has 1 aromatic carbocycles. The van der Waals surface area contributed by atoms with E-state index >= 15 is 0 Å². The summed E-state index contributed by atoms with van der Waals surface area (Å²) in [6.07, 6.45) is 5.57. The van der Waals surface area contributed by atoms with Crippen LogP contribution in [0, 0.1) is 6.92 Å². The number of fused-ring (bicyclic) bond motifs is 1. The highest BCUT2D eigenvalue weighted by molar-refractivity contribution is 5.90. The Hall–Kier alpha value is -3.48. The predicted octanol–water partition coefficient (Wildman–Crippen LogP) is 3.16. The van der Waals surface area contributed by atoms with Crippen LogP contribution in [0.25, 0.3) is 22.2 Å². The standard InChI is InChI=1S/C19H18N6O/c1-13-2-3-15-12-21-25(17(15)10-13)9-6-19(26)22-18-11-16(23-24-18)14-4-7-20-8-5-14/h2-5,7-8,10-12H,6,9H2,1H3,(H2,22,23,24,26). The molecular weight excluding hydrogens is 328 g/mol. The molecule has 0 saturated carbocycles. The van der Waals surface area contributed by atoms with Crippen molar-refractivity contribution in [1.82, 2.24) is 25.0 Å². The van der Waals surface area contributed by atoms with Crippen molar-refractivity contribution in [3.63, 3.8) is 0 Å². The fourth-order valence-corrected chi connectivity index (χ4v) is 2.84. The van der Waals surface area contributed by atoms with Crippen molar-refractivity contribution in [3.8, 4) is 11.3 Å². The summed E-state index contributed by atoms with van der Waals surface area (Å²) in [6.45, 7) is 2.56. The van der Waals surface area contributed by atoms with Gasteiger partial charge in [0.15, 0.2) is 5.82 Å². The molecule has 0 aliphatic heterocycles. The van der Waals surface area contributed by atoms with Crippen LogP contribution in [0.5, 0.6) is 0 Å². The molecule has 3 aromatic heterocycles. The molecule has 3 heterocycles. The number of nitrogens with zero attached hydrogens (tertiary/aromatic N) is 4. The first-order valence-corrected chi connectivity index (χ1v) is 8.37. The number of aryl methyl sites for hydroxylation is 2. The van der Waals surface area contributed by atoms with E-state index in [0.717, 1.165) is 22.2 Å². The van der Waals surface area contributed by atoms with E-state index in [4.69, 9.17) is 0 Å². The van der Waals surface area contributed by atoms with Gasteiger partial charge in [-0.05, 0) is 30.7 Å². The number of nitrogens with one attached hydrogen (secondary N) is 2. The summed E-state index contributed by atoms with van der Waals surface area (Å²) in [6, 6.07) is 11.7. The lowest BCUT2D eigenvalue weighted by Crippen LogP contribution is -2.15. The van der Waals surface area contributed by atoms with Crippen LogP contribution < -0.4 is 5.32 Å². The Labute approximate surface area is 150 Å². The fraction of sp³-hybridized carbons (Fsp3) is 0.158. The molecule has 4 rings (SSSR count). The number of hydrogen-bond acceptors (Lipinski definition) is 4. The molecule has 0 saturated heterocycles. The largest absolute Gasteiger partial charge is 0.309 e. The first kappa shape index (κ1) is 16.0. The van der Waals surface area contributed by atoms with Gasteiger partial charge in [0.25, 0.3) is 0 Å². The van der Waals surface area contributed by atoms with Gasteiger partial charge in [-0.2, -0.15) is 10.2 Å². The van der Waals surface area contributed by atoms with Gasteiger partial charge in [-0.25, -0.2) is 0 Å². The predicted molar refractivity (Wildman–Crippen MR) is 99.5 cm³/mol. The molecule has 0 radical (unpaired) electrons. The Morgan fingerprint density at radius 2 is 2.04 bits per heavy atom. The molecule has 2 N–H and O–H groups in total. The molecule has 4 aromatic rings. The number of anilines is 1. The number of aromatic nitrogens is 5. The van der Waals surface area contributed by atoms with Gasteiger partial charge in [0.2, 0.25) is 5.91 Å². The molecule has 130 valence electrons. The number of carbonyl (C=O) groups excluding carboxylic acids is 1. The average molecular weight is 346 g/mol. The van der Waals surface area contributed by atoms with Gasteiger partial charge in [-0.15, -0.1) is 0 Å². The van der Waals surface area contributed by atoms with E-state index in [1.807, 2.05) is 36.0 Å². The Balaban J connectivity index is 1.40. The normalized spacial score (nSPS) is 11.0. The van der Waals surface area contributed by atoms with Gasteiger partial charge in [0, 0.05) is 35.8 Å². The third-order valence-electron chi connectivity index (χ3n) is 4.19. The highest BCUT2D eigenvalue weighted by Crippen LogP contribution is 2.19. The molecule has 0 aliphatic rings. The van der Waals surface area contributed by atoms with E-state index in [1.165, 1.54) is 5.56 Å². The fourth-order valence-electron chi connectivity index (χ4n) is 2.84. The maximum absolute atomic E-state index is 12.2. The summed E-state index contributed by atoms with van der Waals surface area (Å²) in [5.74, 6) is 0.400. The minimum atomic E-state index is -0.103. The van der Waals surface area contributed by atoms with Crippen molar-refractivity contribution in [2.75, 3.05) is 5.32 Å². The van der Waals surface area contributed by atoms with E-state index in [9.17, 15) is 4.79 Å². The molecule has 7 heteroatoms. The van der Waals surface area contributed by atoms with Crippen molar-refractivity contribution in [2.24, 2.45) is 0 Å². The lowest BCUT2D eigenvalue weighted by atomic mass is 10.2. The van der Waals surface area contributed by atoms with Crippen LogP contribution in [-0.4, -0.2) is 30.9 Å². The number of benzene rings is 1. The summed E-state index contributed by atoms with van der Waals surface area (Å²) in [5.41, 5.74) is 4.00. The van der Waals surface area contributed by atoms with Gasteiger partial charge in [-0.1, -0.05) is 12.1 Å². The number of hydrogen-bond donors (Lipinski definition) is 2. The second-order valence-corrected chi connectivity index (χ2v) is 6.13. The van der Waals surface area contributed by atoms with E-state index in [1.54, 1.807) is 18.5 Å². The van der Waals surface area contributed by atoms with Gasteiger partial charge < -0.3 is 5.32 Å². The van der Waals surface area contributed by atoms with Crippen molar-refractivity contribution < 1.29 is 4.79 Å². The molecule has 0 atom stereocenters. The number of pyridine rings is 1. The third-order valence-corrected chi connectivity index (χ3v) is 4.19. The summed E-state index contributed by atoms with van der Waals surface area (Å²) < 4.78 is 1.86. The van der Waals surface area contributed by atoms with Gasteiger partial charge in [-0.3, -0.25) is 19.6 Å². The highest BCUT2D eigenvalue weighted by atomic mass is 16.1. The molecular formula is C19H18N6O. The number of amides is 1. The maximum atomic E-state index is 12.2. The van der Waals surface area contributed by atoms with Crippen LogP contribution in [0.15, 0.2) is 55.0 Å². The Morgan fingerprint density at radius 3 is 2.88 bits per heavy atom. The lowest BCUT2D eigenvalue weighted by molar-refractivity contribution is -0.116. The molecule has 26 heavy (non-hydrogen) atoms. The van der Waals surface area contributed by atoms with Crippen LogP contribution in [0.4, 0.5) is 5.82 Å². The number of H-pyrrole nitrogens is 1. The van der Waals surface area contributed by atoms with Gasteiger partial charge >= 0.3 is 0 Å². The van der Waals surface area contributed by atoms with E-state index in [2.05, 4.69) is 37.7 Å².